The van der Waals surface area contributed by atoms with Crippen LogP contribution in [0.1, 0.15) is 115 Å². The van der Waals surface area contributed by atoms with Crippen LogP contribution in [0.2, 0.25) is 0 Å². The van der Waals surface area contributed by atoms with Gasteiger partial charge in [0.2, 0.25) is 0 Å². The smallest absolute Gasteiger partial charge is 0.745 e. The van der Waals surface area contributed by atoms with Gasteiger partial charge >= 0.3 is 29.6 Å². The summed E-state index contributed by atoms with van der Waals surface area (Å²) < 4.78 is 40.4. The quantitative estimate of drug-likeness (QED) is 0.187. The van der Waals surface area contributed by atoms with E-state index in [9.17, 15) is 13.0 Å². The van der Waals surface area contributed by atoms with Gasteiger partial charge in [-0.25, -0.2) is 8.42 Å². The Balaban J connectivity index is 0.00000900. The Hall–Kier alpha value is -0.0700. The number of rotatable bonds is 18. The van der Waals surface area contributed by atoms with Crippen LogP contribution in [0.4, 0.5) is 0 Å². The van der Waals surface area contributed by atoms with E-state index in [-0.39, 0.29) is 36.0 Å². The van der Waals surface area contributed by atoms with E-state index >= 15 is 0 Å². The molecule has 0 bridgehead atoms. The molecule has 4 nitrogen and oxygen atoms in total. The van der Waals surface area contributed by atoms with E-state index in [4.69, 9.17) is 4.74 Å². The Morgan fingerprint density at radius 1 is 0.806 bits per heavy atom. The molecule has 0 spiro atoms. The molecule has 0 saturated carbocycles. The number of unbranched alkanes of at least 4 members (excludes halogenated alkanes) is 10. The molecule has 0 aliphatic heterocycles. The Labute approximate surface area is 214 Å². The van der Waals surface area contributed by atoms with Crippen LogP contribution in [0.5, 0.6) is 5.75 Å². The maximum atomic E-state index is 11.5. The topological polar surface area (TPSA) is 66.4 Å². The second-order valence-corrected chi connectivity index (χ2v) is 9.89. The summed E-state index contributed by atoms with van der Waals surface area (Å²) in [6.45, 7) is 6.12. The summed E-state index contributed by atoms with van der Waals surface area (Å²) in [5, 5.41) is 0. The zero-order valence-electron chi connectivity index (χ0n) is 20.5. The van der Waals surface area contributed by atoms with E-state index in [0.717, 1.165) is 31.2 Å². The second kappa shape index (κ2) is 18.4. The molecule has 0 aromatic heterocycles. The van der Waals surface area contributed by atoms with Crippen LogP contribution in [-0.2, 0) is 23.0 Å². The molecule has 0 radical (unpaired) electrons. The van der Waals surface area contributed by atoms with E-state index < -0.39 is 15.6 Å². The molecule has 0 amide bonds. The van der Waals surface area contributed by atoms with Crippen LogP contribution in [-0.4, -0.2) is 18.4 Å². The van der Waals surface area contributed by atoms with Crippen LogP contribution in [0.3, 0.4) is 0 Å². The normalized spacial score (nSPS) is 12.4. The summed E-state index contributed by atoms with van der Waals surface area (Å²) >= 11 is 0. The minimum atomic E-state index is -4.48. The van der Waals surface area contributed by atoms with E-state index in [1.54, 1.807) is 6.92 Å². The molecule has 31 heavy (non-hydrogen) atoms. The Bertz CT molecular complexity index is 676. The van der Waals surface area contributed by atoms with Crippen molar-refractivity contribution in [3.63, 3.8) is 0 Å². The zero-order valence-corrected chi connectivity index (χ0v) is 23.3. The van der Waals surface area contributed by atoms with Crippen LogP contribution < -0.4 is 34.3 Å². The van der Waals surface area contributed by atoms with Crippen molar-refractivity contribution in [3.05, 3.63) is 29.3 Å². The predicted molar refractivity (Wildman–Crippen MR) is 125 cm³/mol. The summed E-state index contributed by atoms with van der Waals surface area (Å²) in [7, 11) is -4.48. The minimum Gasteiger partial charge on any atom is -0.745 e. The van der Waals surface area contributed by atoms with Gasteiger partial charge < -0.3 is 9.29 Å². The average Bonchev–Trinajstić information content (AvgIpc) is 2.71. The third-order valence-electron chi connectivity index (χ3n) is 5.72. The van der Waals surface area contributed by atoms with Gasteiger partial charge in [-0.2, -0.15) is 0 Å². The first-order valence-corrected chi connectivity index (χ1v) is 13.6. The Kier molecular flexibility index (Phi) is 18.3. The maximum absolute atomic E-state index is 11.5. The molecule has 1 atom stereocenters. The molecule has 1 aromatic carbocycles. The standard InChI is InChI=1S/C25H44O4S.Na/c1-4-7-9-11-13-15-18-22-19-17-21-24(29-25(6-3)30(26,27)28)23(22)20-16-14-12-10-8-5-2;/h17,19,21,25H,4-16,18,20H2,1-3H3,(H,26,27,28);/q;+1/p-1. The molecule has 0 saturated heterocycles. The van der Waals surface area contributed by atoms with E-state index in [2.05, 4.69) is 19.9 Å². The van der Waals surface area contributed by atoms with Crippen LogP contribution in [0, 0.1) is 0 Å². The van der Waals surface area contributed by atoms with Gasteiger partial charge in [-0.1, -0.05) is 97.1 Å². The van der Waals surface area contributed by atoms with Gasteiger partial charge in [-0.15, -0.1) is 0 Å². The second-order valence-electron chi connectivity index (χ2n) is 8.38. The summed E-state index contributed by atoms with van der Waals surface area (Å²) in [6, 6.07) is 5.89. The van der Waals surface area contributed by atoms with Crippen molar-refractivity contribution in [2.24, 2.45) is 0 Å². The van der Waals surface area contributed by atoms with Gasteiger partial charge in [0, 0.05) is 0 Å². The zero-order chi connectivity index (χ0) is 22.2. The first-order chi connectivity index (χ1) is 14.4. The molecule has 0 heterocycles. The summed E-state index contributed by atoms with van der Waals surface area (Å²) in [6.07, 6.45) is 16.7. The minimum absolute atomic E-state index is 0. The fourth-order valence-corrected chi connectivity index (χ4v) is 4.54. The molecular weight excluding hydrogens is 419 g/mol. The summed E-state index contributed by atoms with van der Waals surface area (Å²) in [4.78, 5) is 0. The molecule has 0 fully saturated rings. The number of benzene rings is 1. The van der Waals surface area contributed by atoms with Crippen LogP contribution in [0.25, 0.3) is 0 Å². The van der Waals surface area contributed by atoms with Crippen molar-refractivity contribution in [2.45, 2.75) is 123 Å². The van der Waals surface area contributed by atoms with Gasteiger partial charge in [-0.05, 0) is 49.3 Å². The van der Waals surface area contributed by atoms with Crippen LogP contribution in [0.15, 0.2) is 18.2 Å². The van der Waals surface area contributed by atoms with Crippen molar-refractivity contribution in [1.29, 1.82) is 0 Å². The van der Waals surface area contributed by atoms with E-state index in [0.29, 0.717) is 5.75 Å². The van der Waals surface area contributed by atoms with Crippen LogP contribution >= 0.6 is 0 Å². The Morgan fingerprint density at radius 3 is 1.84 bits per heavy atom. The average molecular weight is 463 g/mol. The summed E-state index contributed by atoms with van der Waals surface area (Å²) in [5.41, 5.74) is 1.03. The molecule has 1 unspecified atom stereocenters. The molecule has 0 aliphatic carbocycles. The fraction of sp³-hybridized carbons (Fsp3) is 0.760. The Morgan fingerprint density at radius 2 is 1.32 bits per heavy atom. The molecule has 174 valence electrons. The molecule has 1 aromatic rings. The first kappa shape index (κ1) is 30.9. The monoisotopic (exact) mass is 462 g/mol. The van der Waals surface area contributed by atoms with Gasteiger partial charge in [0.05, 0.1) is 0 Å². The van der Waals surface area contributed by atoms with Crippen molar-refractivity contribution in [1.82, 2.24) is 0 Å². The van der Waals surface area contributed by atoms with Gasteiger partial charge in [0.25, 0.3) is 0 Å². The third-order valence-corrected chi connectivity index (χ3v) is 6.80. The van der Waals surface area contributed by atoms with Crippen molar-refractivity contribution in [2.75, 3.05) is 0 Å². The predicted octanol–water partition coefficient (Wildman–Crippen LogP) is 4.16. The molecule has 1 rings (SSSR count). The third kappa shape index (κ3) is 13.3. The largest absolute Gasteiger partial charge is 1.00 e. The molecule has 0 aliphatic rings. The van der Waals surface area contributed by atoms with Gasteiger partial charge in [0.1, 0.15) is 15.9 Å². The van der Waals surface area contributed by atoms with Crippen molar-refractivity contribution < 1.29 is 47.3 Å². The number of ether oxygens (including phenoxy) is 1. The fourth-order valence-electron chi connectivity index (χ4n) is 3.91. The van der Waals surface area contributed by atoms with E-state index in [1.165, 1.54) is 69.8 Å². The molecule has 0 N–H and O–H groups in total. The number of aryl methyl sites for hydroxylation is 1. The van der Waals surface area contributed by atoms with Crippen molar-refractivity contribution in [3.8, 4) is 5.75 Å². The van der Waals surface area contributed by atoms with Gasteiger partial charge in [0.15, 0.2) is 5.44 Å². The van der Waals surface area contributed by atoms with E-state index in [1.807, 2.05) is 12.1 Å². The summed E-state index contributed by atoms with van der Waals surface area (Å²) in [5.74, 6) is 0.582. The number of hydrogen-bond donors (Lipinski definition) is 0. The molecular formula is C25H43NaO4S. The van der Waals surface area contributed by atoms with Gasteiger partial charge in [-0.3, -0.25) is 0 Å². The number of hydrogen-bond acceptors (Lipinski definition) is 4. The van der Waals surface area contributed by atoms with Crippen molar-refractivity contribution >= 4 is 10.1 Å². The maximum Gasteiger partial charge on any atom is 1.00 e. The first-order valence-electron chi connectivity index (χ1n) is 12.2. The SMILES string of the molecule is CCCCCCCCc1cccc(OC(CC)S(=O)(=O)[O-])c1CCCCCCCC.[Na+]. The molecule has 6 heteroatoms.